The van der Waals surface area contributed by atoms with Crippen LogP contribution in [0.5, 0.6) is 0 Å². The number of piperidine rings is 1. The van der Waals surface area contributed by atoms with E-state index in [-0.39, 0.29) is 17.6 Å². The third-order valence-corrected chi connectivity index (χ3v) is 7.29. The van der Waals surface area contributed by atoms with Crippen LogP contribution in [0.25, 0.3) is 20.4 Å². The summed E-state index contributed by atoms with van der Waals surface area (Å²) in [5.41, 5.74) is 2.14. The number of halogens is 1. The number of benzene rings is 2. The summed E-state index contributed by atoms with van der Waals surface area (Å²) < 4.78 is 15.9. The molecule has 0 bridgehead atoms. The van der Waals surface area contributed by atoms with Crippen molar-refractivity contribution in [2.24, 2.45) is 5.92 Å². The van der Waals surface area contributed by atoms with Gasteiger partial charge in [0.2, 0.25) is 5.91 Å². The zero-order chi connectivity index (χ0) is 20.0. The van der Waals surface area contributed by atoms with Gasteiger partial charge >= 0.3 is 0 Å². The SMILES string of the molecule is Cc1nc2cc(NC(=O)C3CCN(c4nc5c(F)cccc5s4)CC3)ccc2s1. The minimum Gasteiger partial charge on any atom is -0.348 e. The summed E-state index contributed by atoms with van der Waals surface area (Å²) in [6.45, 7) is 3.46. The average Bonchev–Trinajstić information content (AvgIpc) is 3.31. The van der Waals surface area contributed by atoms with E-state index in [1.54, 1.807) is 17.4 Å². The fourth-order valence-electron chi connectivity index (χ4n) is 3.74. The molecule has 148 valence electrons. The highest BCUT2D eigenvalue weighted by Crippen LogP contribution is 2.33. The van der Waals surface area contributed by atoms with Crippen LogP contribution in [0.4, 0.5) is 15.2 Å². The number of fused-ring (bicyclic) bond motifs is 2. The first kappa shape index (κ1) is 18.4. The first-order valence-electron chi connectivity index (χ1n) is 9.55. The Morgan fingerprint density at radius 2 is 1.97 bits per heavy atom. The lowest BCUT2D eigenvalue weighted by Crippen LogP contribution is -2.38. The van der Waals surface area contributed by atoms with Crippen molar-refractivity contribution in [1.82, 2.24) is 9.97 Å². The Hall–Kier alpha value is -2.58. The van der Waals surface area contributed by atoms with Crippen molar-refractivity contribution in [2.45, 2.75) is 19.8 Å². The standard InChI is InChI=1S/C21H19FN4OS2/c1-12-23-16-11-14(5-6-17(16)28-12)24-20(27)13-7-9-26(10-8-13)21-25-19-15(22)3-2-4-18(19)29-21/h2-6,11,13H,7-10H2,1H3,(H,24,27). The third kappa shape index (κ3) is 3.58. The van der Waals surface area contributed by atoms with E-state index in [0.717, 1.165) is 56.7 Å². The number of amides is 1. The number of carbonyl (C=O) groups is 1. The summed E-state index contributed by atoms with van der Waals surface area (Å²) in [5.74, 6) is -0.275. The van der Waals surface area contributed by atoms with Gasteiger partial charge in [0.15, 0.2) is 5.13 Å². The molecule has 1 N–H and O–H groups in total. The van der Waals surface area contributed by atoms with Crippen LogP contribution in [0.15, 0.2) is 36.4 Å². The van der Waals surface area contributed by atoms with Gasteiger partial charge in [-0.2, -0.15) is 0 Å². The molecule has 1 amide bonds. The van der Waals surface area contributed by atoms with Crippen LogP contribution in [0, 0.1) is 18.7 Å². The molecule has 1 saturated heterocycles. The number of thiazole rings is 2. The van der Waals surface area contributed by atoms with Gasteiger partial charge in [0.05, 0.1) is 19.9 Å². The van der Waals surface area contributed by atoms with Gasteiger partial charge < -0.3 is 10.2 Å². The molecule has 8 heteroatoms. The highest BCUT2D eigenvalue weighted by Gasteiger charge is 2.27. The van der Waals surface area contributed by atoms with Gasteiger partial charge in [-0.3, -0.25) is 4.79 Å². The number of hydrogen-bond acceptors (Lipinski definition) is 6. The van der Waals surface area contributed by atoms with E-state index in [4.69, 9.17) is 0 Å². The fraction of sp³-hybridized carbons (Fsp3) is 0.286. The van der Waals surface area contributed by atoms with Gasteiger partial charge in [-0.25, -0.2) is 14.4 Å². The van der Waals surface area contributed by atoms with Crippen molar-refractivity contribution >= 4 is 59.8 Å². The molecule has 0 spiro atoms. The second-order valence-corrected chi connectivity index (χ2v) is 9.49. The van der Waals surface area contributed by atoms with E-state index in [9.17, 15) is 9.18 Å². The molecule has 3 heterocycles. The molecule has 2 aromatic carbocycles. The summed E-state index contributed by atoms with van der Waals surface area (Å²) in [4.78, 5) is 23.8. The van der Waals surface area contributed by atoms with Crippen molar-refractivity contribution in [3.05, 3.63) is 47.2 Å². The average molecular weight is 427 g/mol. The zero-order valence-corrected chi connectivity index (χ0v) is 17.4. The van der Waals surface area contributed by atoms with Crippen LogP contribution in [-0.2, 0) is 4.79 Å². The Labute approximate surface area is 175 Å². The molecule has 5 nitrogen and oxygen atoms in total. The number of nitrogens with zero attached hydrogens (tertiary/aromatic N) is 3. The third-order valence-electron chi connectivity index (χ3n) is 5.26. The Morgan fingerprint density at radius 3 is 2.76 bits per heavy atom. The Morgan fingerprint density at radius 1 is 1.14 bits per heavy atom. The zero-order valence-electron chi connectivity index (χ0n) is 15.8. The maximum Gasteiger partial charge on any atom is 0.227 e. The molecule has 1 aliphatic rings. The monoisotopic (exact) mass is 426 g/mol. The van der Waals surface area contributed by atoms with Crippen LogP contribution in [0.2, 0.25) is 0 Å². The van der Waals surface area contributed by atoms with Crippen molar-refractivity contribution in [2.75, 3.05) is 23.3 Å². The number of anilines is 2. The van der Waals surface area contributed by atoms with E-state index in [0.29, 0.717) is 5.52 Å². The molecule has 0 aliphatic carbocycles. The molecule has 1 aliphatic heterocycles. The van der Waals surface area contributed by atoms with Gasteiger partial charge in [0.25, 0.3) is 0 Å². The van der Waals surface area contributed by atoms with Gasteiger partial charge in [-0.1, -0.05) is 17.4 Å². The molecule has 0 atom stereocenters. The van der Waals surface area contributed by atoms with Gasteiger partial charge in [0, 0.05) is 24.7 Å². The molecular formula is C21H19FN4OS2. The van der Waals surface area contributed by atoms with Crippen LogP contribution in [0.3, 0.4) is 0 Å². The van der Waals surface area contributed by atoms with Gasteiger partial charge in [-0.05, 0) is 50.1 Å². The van der Waals surface area contributed by atoms with E-state index in [1.165, 1.54) is 17.4 Å². The normalized spacial score (nSPS) is 15.3. The summed E-state index contributed by atoms with van der Waals surface area (Å²) in [6, 6.07) is 10.9. The van der Waals surface area contributed by atoms with E-state index < -0.39 is 0 Å². The van der Waals surface area contributed by atoms with Crippen LogP contribution < -0.4 is 10.2 Å². The first-order chi connectivity index (χ1) is 14.1. The number of para-hydroxylation sites is 1. The van der Waals surface area contributed by atoms with Crippen LogP contribution in [-0.4, -0.2) is 29.0 Å². The fourth-order valence-corrected chi connectivity index (χ4v) is 5.58. The molecule has 4 aromatic rings. The molecule has 1 fully saturated rings. The van der Waals surface area contributed by atoms with Crippen molar-refractivity contribution in [3.63, 3.8) is 0 Å². The minimum absolute atomic E-state index is 0.0368. The topological polar surface area (TPSA) is 58.1 Å². The maximum absolute atomic E-state index is 13.9. The molecule has 0 saturated carbocycles. The Bertz CT molecular complexity index is 1210. The molecule has 5 rings (SSSR count). The quantitative estimate of drug-likeness (QED) is 0.489. The predicted molar refractivity (Wildman–Crippen MR) is 118 cm³/mol. The number of hydrogen-bond donors (Lipinski definition) is 1. The molecule has 2 aromatic heterocycles. The van der Waals surface area contributed by atoms with E-state index in [2.05, 4.69) is 20.2 Å². The number of carbonyl (C=O) groups excluding carboxylic acids is 1. The highest BCUT2D eigenvalue weighted by molar-refractivity contribution is 7.22. The largest absolute Gasteiger partial charge is 0.348 e. The number of nitrogens with one attached hydrogen (secondary N) is 1. The Balaban J connectivity index is 1.24. The smallest absolute Gasteiger partial charge is 0.227 e. The Kier molecular flexibility index (Phi) is 4.67. The second kappa shape index (κ2) is 7.35. The lowest BCUT2D eigenvalue weighted by Gasteiger charge is -2.31. The van der Waals surface area contributed by atoms with Gasteiger partial charge in [-0.15, -0.1) is 11.3 Å². The van der Waals surface area contributed by atoms with Crippen LogP contribution >= 0.6 is 22.7 Å². The first-order valence-corrected chi connectivity index (χ1v) is 11.2. The summed E-state index contributed by atoms with van der Waals surface area (Å²) in [5, 5.41) is 4.89. The molecule has 29 heavy (non-hydrogen) atoms. The van der Waals surface area contributed by atoms with Crippen LogP contribution in [0.1, 0.15) is 17.8 Å². The number of aryl methyl sites for hydroxylation is 1. The maximum atomic E-state index is 13.9. The minimum atomic E-state index is -0.286. The summed E-state index contributed by atoms with van der Waals surface area (Å²) in [6.07, 6.45) is 1.50. The summed E-state index contributed by atoms with van der Waals surface area (Å²) in [7, 11) is 0. The summed E-state index contributed by atoms with van der Waals surface area (Å²) >= 11 is 3.15. The number of rotatable bonds is 3. The van der Waals surface area contributed by atoms with Crippen molar-refractivity contribution in [1.29, 1.82) is 0 Å². The number of aromatic nitrogens is 2. The van der Waals surface area contributed by atoms with Crippen molar-refractivity contribution < 1.29 is 9.18 Å². The second-order valence-electron chi connectivity index (χ2n) is 7.25. The molecule has 0 unspecified atom stereocenters. The van der Waals surface area contributed by atoms with E-state index in [1.807, 2.05) is 31.2 Å². The van der Waals surface area contributed by atoms with Crippen molar-refractivity contribution in [3.8, 4) is 0 Å². The lowest BCUT2D eigenvalue weighted by atomic mass is 9.96. The van der Waals surface area contributed by atoms with E-state index >= 15 is 0 Å². The predicted octanol–water partition coefficient (Wildman–Crippen LogP) is 5.21. The van der Waals surface area contributed by atoms with Gasteiger partial charge in [0.1, 0.15) is 11.3 Å². The molecule has 0 radical (unpaired) electrons. The lowest BCUT2D eigenvalue weighted by molar-refractivity contribution is -0.120. The molecular weight excluding hydrogens is 407 g/mol. The highest BCUT2D eigenvalue weighted by atomic mass is 32.1.